The highest BCUT2D eigenvalue weighted by Gasteiger charge is 2.65. The molecule has 0 heterocycles. The van der Waals surface area contributed by atoms with Crippen LogP contribution >= 0.6 is 0 Å². The highest BCUT2D eigenvalue weighted by molar-refractivity contribution is 5.72. The van der Waals surface area contributed by atoms with Crippen LogP contribution < -0.4 is 0 Å². The number of aliphatic hydroxyl groups is 1. The molecule has 7 atom stereocenters. The van der Waals surface area contributed by atoms with Crippen LogP contribution in [0.3, 0.4) is 0 Å². The molecule has 4 aliphatic carbocycles. The fourth-order valence-corrected chi connectivity index (χ4v) is 10.3. The summed E-state index contributed by atoms with van der Waals surface area (Å²) in [5.74, 6) is 2.69. The smallest absolute Gasteiger partial charge is 0.306 e. The molecular weight excluding hydrogens is 444 g/mol. The molecule has 0 aromatic rings. The van der Waals surface area contributed by atoms with Gasteiger partial charge in [0.15, 0.2) is 0 Å². The topological polar surface area (TPSA) is 46.5 Å². The summed E-state index contributed by atoms with van der Waals surface area (Å²) in [5.41, 5.74) is 3.57. The van der Waals surface area contributed by atoms with E-state index in [2.05, 4.69) is 48.5 Å². The Kier molecular flexibility index (Phi) is 7.87. The summed E-state index contributed by atoms with van der Waals surface area (Å²) in [7, 11) is 0. The minimum atomic E-state index is -0.206. The molecule has 0 amide bonds. The highest BCUT2D eigenvalue weighted by Crippen LogP contribution is 2.73. The Morgan fingerprint density at radius 2 is 1.69 bits per heavy atom. The molecule has 0 bridgehead atoms. The molecule has 0 aromatic carbocycles. The van der Waals surface area contributed by atoms with Crippen LogP contribution in [0.1, 0.15) is 132 Å². The van der Waals surface area contributed by atoms with Crippen molar-refractivity contribution >= 4 is 5.97 Å². The lowest BCUT2D eigenvalue weighted by Gasteiger charge is -2.62. The molecule has 4 rings (SSSR count). The average molecular weight is 501 g/mol. The largest absolute Gasteiger partial charge is 0.466 e. The minimum absolute atomic E-state index is 0.0114. The Balaban J connectivity index is 1.74. The number of allylic oxidation sites excluding steroid dienone is 2. The number of carbonyl (C=O) groups is 1. The zero-order chi connectivity index (χ0) is 26.5. The third-order valence-corrected chi connectivity index (χ3v) is 12.3. The van der Waals surface area contributed by atoms with Gasteiger partial charge in [-0.2, -0.15) is 0 Å². The third-order valence-electron chi connectivity index (χ3n) is 12.3. The van der Waals surface area contributed by atoms with E-state index in [-0.39, 0.29) is 33.7 Å². The van der Waals surface area contributed by atoms with Crippen LogP contribution in [0.15, 0.2) is 11.1 Å². The first-order valence-electron chi connectivity index (χ1n) is 15.4. The number of hydrogen-bond acceptors (Lipinski definition) is 3. The van der Waals surface area contributed by atoms with Crippen LogP contribution in [0.4, 0.5) is 0 Å². The number of hydrogen-bond donors (Lipinski definition) is 1. The lowest BCUT2D eigenvalue weighted by molar-refractivity contribution is -0.148. The number of esters is 1. The molecule has 0 radical (unpaired) electrons. The molecule has 4 aliphatic rings. The lowest BCUT2D eigenvalue weighted by atomic mass is 9.42. The van der Waals surface area contributed by atoms with Gasteiger partial charge in [-0.1, -0.05) is 78.9 Å². The maximum absolute atomic E-state index is 13.2. The molecule has 3 heteroatoms. The monoisotopic (exact) mass is 500 g/mol. The van der Waals surface area contributed by atoms with Gasteiger partial charge in [-0.15, -0.1) is 0 Å². The van der Waals surface area contributed by atoms with E-state index in [4.69, 9.17) is 4.74 Å². The van der Waals surface area contributed by atoms with Crippen LogP contribution in [0.2, 0.25) is 0 Å². The maximum atomic E-state index is 13.2. The number of carbonyl (C=O) groups excluding carboxylic acids is 1. The summed E-state index contributed by atoms with van der Waals surface area (Å²) in [6.07, 6.45) is 13.3. The number of fused-ring (bicyclic) bond motifs is 4. The Hall–Kier alpha value is -0.830. The van der Waals surface area contributed by atoms with E-state index < -0.39 is 0 Å². The van der Waals surface area contributed by atoms with Gasteiger partial charge in [0.1, 0.15) is 0 Å². The lowest BCUT2D eigenvalue weighted by Crippen LogP contribution is -2.55. The second kappa shape index (κ2) is 10.0. The summed E-state index contributed by atoms with van der Waals surface area (Å²) in [5, 5.41) is 10.9. The first-order valence-corrected chi connectivity index (χ1v) is 15.4. The van der Waals surface area contributed by atoms with Crippen molar-refractivity contribution in [2.75, 3.05) is 6.61 Å². The van der Waals surface area contributed by atoms with Crippen LogP contribution in [0.25, 0.3) is 0 Å². The molecule has 206 valence electrons. The quantitative estimate of drug-likeness (QED) is 0.268. The van der Waals surface area contributed by atoms with Crippen LogP contribution in [-0.2, 0) is 9.53 Å². The average Bonchev–Trinajstić information content (AvgIpc) is 3.09. The van der Waals surface area contributed by atoms with Crippen molar-refractivity contribution < 1.29 is 14.6 Å². The number of ether oxygens (including phenoxy) is 1. The summed E-state index contributed by atoms with van der Waals surface area (Å²) in [4.78, 5) is 13.2. The van der Waals surface area contributed by atoms with E-state index in [1.165, 1.54) is 38.5 Å². The van der Waals surface area contributed by atoms with Crippen molar-refractivity contribution in [3.63, 3.8) is 0 Å². The second-order valence-electron chi connectivity index (χ2n) is 14.8. The SMILES string of the molecule is CCOC(=O)C[C@@]12CC[C@H]([C@H](C)CCCC(C)C)[C@@]1(C)CCC1=C2CCC2C(C)(C)[C@@H](O)CC[C@]12C. The first-order chi connectivity index (χ1) is 16.8. The van der Waals surface area contributed by atoms with E-state index in [1.807, 2.05) is 6.92 Å². The first kappa shape index (κ1) is 28.2. The maximum Gasteiger partial charge on any atom is 0.306 e. The van der Waals surface area contributed by atoms with Gasteiger partial charge in [0.05, 0.1) is 19.1 Å². The summed E-state index contributed by atoms with van der Waals surface area (Å²) >= 11 is 0. The summed E-state index contributed by atoms with van der Waals surface area (Å²) in [6, 6.07) is 0. The summed E-state index contributed by atoms with van der Waals surface area (Å²) < 4.78 is 5.64. The molecule has 2 fully saturated rings. The van der Waals surface area contributed by atoms with Crippen molar-refractivity contribution in [3.8, 4) is 0 Å². The molecule has 0 spiro atoms. The zero-order valence-corrected chi connectivity index (χ0v) is 24.8. The fraction of sp³-hybridized carbons (Fsp3) is 0.909. The van der Waals surface area contributed by atoms with E-state index >= 15 is 0 Å². The van der Waals surface area contributed by atoms with Gasteiger partial charge < -0.3 is 9.84 Å². The van der Waals surface area contributed by atoms with Gasteiger partial charge in [0, 0.05) is 5.41 Å². The van der Waals surface area contributed by atoms with Crippen molar-refractivity contribution in [2.45, 2.75) is 139 Å². The van der Waals surface area contributed by atoms with Crippen molar-refractivity contribution in [1.82, 2.24) is 0 Å². The van der Waals surface area contributed by atoms with E-state index in [0.29, 0.717) is 30.8 Å². The van der Waals surface area contributed by atoms with Crippen LogP contribution in [0.5, 0.6) is 0 Å². The number of aliphatic hydroxyl groups excluding tert-OH is 1. The minimum Gasteiger partial charge on any atom is -0.466 e. The molecule has 36 heavy (non-hydrogen) atoms. The zero-order valence-electron chi connectivity index (χ0n) is 24.8. The summed E-state index contributed by atoms with van der Waals surface area (Å²) in [6.45, 7) is 19.3. The Bertz CT molecular complexity index is 855. The molecule has 3 nitrogen and oxygen atoms in total. The predicted octanol–water partition coefficient (Wildman–Crippen LogP) is 8.49. The van der Waals surface area contributed by atoms with Crippen LogP contribution in [-0.4, -0.2) is 23.8 Å². The molecular formula is C33H56O3. The van der Waals surface area contributed by atoms with Gasteiger partial charge in [0.25, 0.3) is 0 Å². The molecule has 2 saturated carbocycles. The van der Waals surface area contributed by atoms with E-state index in [9.17, 15) is 9.90 Å². The molecule has 0 aromatic heterocycles. The van der Waals surface area contributed by atoms with Crippen LogP contribution in [0, 0.1) is 45.3 Å². The van der Waals surface area contributed by atoms with Gasteiger partial charge in [-0.25, -0.2) is 0 Å². The Morgan fingerprint density at radius 3 is 2.36 bits per heavy atom. The fourth-order valence-electron chi connectivity index (χ4n) is 10.3. The van der Waals surface area contributed by atoms with Crippen molar-refractivity contribution in [3.05, 3.63) is 11.1 Å². The van der Waals surface area contributed by atoms with E-state index in [0.717, 1.165) is 38.0 Å². The van der Waals surface area contributed by atoms with Gasteiger partial charge in [-0.05, 0) is 98.2 Å². The number of rotatable bonds is 8. The van der Waals surface area contributed by atoms with Crippen molar-refractivity contribution in [2.24, 2.45) is 45.3 Å². The highest BCUT2D eigenvalue weighted by atomic mass is 16.5. The van der Waals surface area contributed by atoms with E-state index in [1.54, 1.807) is 11.1 Å². The Morgan fingerprint density at radius 1 is 0.972 bits per heavy atom. The van der Waals surface area contributed by atoms with Crippen molar-refractivity contribution in [1.29, 1.82) is 0 Å². The van der Waals surface area contributed by atoms with Gasteiger partial charge >= 0.3 is 5.97 Å². The predicted molar refractivity (Wildman–Crippen MR) is 148 cm³/mol. The van der Waals surface area contributed by atoms with Gasteiger partial charge in [-0.3, -0.25) is 4.79 Å². The second-order valence-corrected chi connectivity index (χ2v) is 14.8. The molecule has 1 N–H and O–H groups in total. The third kappa shape index (κ3) is 4.32. The molecule has 0 saturated heterocycles. The molecule has 0 aliphatic heterocycles. The molecule has 1 unspecified atom stereocenters. The Labute approximate surface area is 222 Å². The van der Waals surface area contributed by atoms with Gasteiger partial charge in [0.2, 0.25) is 0 Å². The normalized spacial score (nSPS) is 40.4. The standard InChI is InChI=1S/C33H56O3/c1-9-36-29(35)21-33-20-16-24(23(4)12-10-11-22(2)3)32(33,8)19-15-25-26(33)13-14-27-30(5,6)28(34)17-18-31(25,27)7/h22-24,27-28,34H,9-21H2,1-8H3/t23-,24-,27?,28+,31-,32-,33-/m1/s1.